The number of nitrogen functional groups attached to an aromatic ring is 1. The van der Waals surface area contributed by atoms with Crippen LogP contribution in [0.5, 0.6) is 0 Å². The van der Waals surface area contributed by atoms with Gasteiger partial charge in [-0.3, -0.25) is 4.99 Å². The van der Waals surface area contributed by atoms with E-state index >= 15 is 0 Å². The van der Waals surface area contributed by atoms with E-state index in [0.29, 0.717) is 19.4 Å². The van der Waals surface area contributed by atoms with Gasteiger partial charge < -0.3 is 16.2 Å². The van der Waals surface area contributed by atoms with Gasteiger partial charge in [-0.1, -0.05) is 6.07 Å². The van der Waals surface area contributed by atoms with E-state index in [1.807, 2.05) is 12.3 Å². The maximum absolute atomic E-state index is 11.8. The predicted octanol–water partition coefficient (Wildman–Crippen LogP) is 1.12. The van der Waals surface area contributed by atoms with Gasteiger partial charge in [-0.15, -0.1) is 0 Å². The summed E-state index contributed by atoms with van der Waals surface area (Å²) in [6.07, 6.45) is 7.04. The number of nitrogens with two attached hydrogens (primary N) is 1. The molecule has 0 bridgehead atoms. The van der Waals surface area contributed by atoms with Gasteiger partial charge in [0, 0.05) is 43.4 Å². The monoisotopic (exact) mass is 337 g/mol. The van der Waals surface area contributed by atoms with Crippen LogP contribution in [0.4, 0.5) is 5.69 Å². The quantitative estimate of drug-likeness (QED) is 0.511. The van der Waals surface area contributed by atoms with E-state index in [1.54, 1.807) is 18.3 Å². The average Bonchev–Trinajstić information content (AvgIpc) is 2.49. The van der Waals surface area contributed by atoms with Crippen LogP contribution in [0.1, 0.15) is 18.4 Å². The summed E-state index contributed by atoms with van der Waals surface area (Å²) >= 11 is 0. The Morgan fingerprint density at radius 3 is 2.91 bits per heavy atom. The highest BCUT2D eigenvalue weighted by atomic mass is 32.2. The lowest BCUT2D eigenvalue weighted by atomic mass is 9.94. The number of anilines is 1. The number of aliphatic imine (C=N–C) groups is 1. The maximum Gasteiger partial charge on any atom is 0.177 e. The summed E-state index contributed by atoms with van der Waals surface area (Å²) in [4.78, 5) is 4.43. The second kappa shape index (κ2) is 7.61. The Hall–Kier alpha value is -1.86. The van der Waals surface area contributed by atoms with Crippen molar-refractivity contribution in [3.8, 4) is 0 Å². The van der Waals surface area contributed by atoms with E-state index in [4.69, 9.17) is 10.8 Å². The standard InChI is InChI=1S/C16H23N3O3S/c1-23(21,22)16-9-12(3-4-15(16)17)7-13-8-14(11-18-10-13)19-5-2-6-20/h3-4,9-11,13,19-20H,2,5-8,17H2,1H3. The summed E-state index contributed by atoms with van der Waals surface area (Å²) in [5.74, 6) is 0.202. The van der Waals surface area contributed by atoms with E-state index in [-0.39, 0.29) is 23.1 Å². The molecule has 0 aromatic heterocycles. The Labute approximate surface area is 137 Å². The second-order valence-corrected chi connectivity index (χ2v) is 7.75. The number of aliphatic hydroxyl groups excluding tert-OH is 1. The smallest absolute Gasteiger partial charge is 0.177 e. The molecule has 0 radical (unpaired) electrons. The van der Waals surface area contributed by atoms with E-state index in [1.165, 1.54) is 0 Å². The second-order valence-electron chi connectivity index (χ2n) is 5.77. The molecule has 1 unspecified atom stereocenters. The number of allylic oxidation sites excluding steroid dienone is 1. The molecule has 0 saturated heterocycles. The zero-order valence-electron chi connectivity index (χ0n) is 13.2. The van der Waals surface area contributed by atoms with Gasteiger partial charge in [-0.25, -0.2) is 8.42 Å². The van der Waals surface area contributed by atoms with Crippen molar-refractivity contribution >= 4 is 21.7 Å². The highest BCUT2D eigenvalue weighted by Crippen LogP contribution is 2.23. The number of nitrogens with zero attached hydrogens (tertiary/aromatic N) is 1. The Morgan fingerprint density at radius 1 is 1.43 bits per heavy atom. The first-order valence-electron chi connectivity index (χ1n) is 7.55. The van der Waals surface area contributed by atoms with Crippen molar-refractivity contribution in [1.29, 1.82) is 0 Å². The number of aliphatic hydroxyl groups is 1. The van der Waals surface area contributed by atoms with Gasteiger partial charge in [-0.05, 0) is 37.0 Å². The van der Waals surface area contributed by atoms with Crippen LogP contribution in [-0.4, -0.2) is 39.1 Å². The molecule has 0 saturated carbocycles. The molecular formula is C16H23N3O3S. The van der Waals surface area contributed by atoms with Gasteiger partial charge in [0.1, 0.15) is 0 Å². The molecule has 2 rings (SSSR count). The van der Waals surface area contributed by atoms with Crippen LogP contribution in [0, 0.1) is 5.92 Å². The lowest BCUT2D eigenvalue weighted by Crippen LogP contribution is -2.21. The summed E-state index contributed by atoms with van der Waals surface area (Å²) in [5.41, 5.74) is 7.99. The molecule has 1 aliphatic heterocycles. The van der Waals surface area contributed by atoms with E-state index in [2.05, 4.69) is 10.3 Å². The predicted molar refractivity (Wildman–Crippen MR) is 92.1 cm³/mol. The van der Waals surface area contributed by atoms with Crippen LogP contribution in [0.2, 0.25) is 0 Å². The highest BCUT2D eigenvalue weighted by Gasteiger charge is 2.16. The molecule has 0 fully saturated rings. The zero-order valence-corrected chi connectivity index (χ0v) is 14.0. The molecule has 6 nitrogen and oxygen atoms in total. The maximum atomic E-state index is 11.8. The number of rotatable bonds is 7. The van der Waals surface area contributed by atoms with Crippen LogP contribution < -0.4 is 11.1 Å². The van der Waals surface area contributed by atoms with Crippen LogP contribution in [0.15, 0.2) is 40.0 Å². The number of hydrogen-bond donors (Lipinski definition) is 3. The molecule has 1 heterocycles. The summed E-state index contributed by atoms with van der Waals surface area (Å²) < 4.78 is 23.5. The molecular weight excluding hydrogens is 314 g/mol. The van der Waals surface area contributed by atoms with Gasteiger partial charge >= 0.3 is 0 Å². The minimum atomic E-state index is -3.33. The fourth-order valence-corrected chi connectivity index (χ4v) is 3.40. The van der Waals surface area contributed by atoms with Crippen molar-refractivity contribution < 1.29 is 13.5 Å². The lowest BCUT2D eigenvalue weighted by Gasteiger charge is -2.19. The van der Waals surface area contributed by atoms with Crippen molar-refractivity contribution in [2.24, 2.45) is 10.9 Å². The summed E-state index contributed by atoms with van der Waals surface area (Å²) in [6, 6.07) is 5.15. The average molecular weight is 337 g/mol. The fourth-order valence-electron chi connectivity index (χ4n) is 2.54. The molecule has 4 N–H and O–H groups in total. The van der Waals surface area contributed by atoms with Crippen LogP contribution in [0.25, 0.3) is 0 Å². The van der Waals surface area contributed by atoms with E-state index in [0.717, 1.165) is 23.9 Å². The molecule has 1 atom stereocenters. The molecule has 7 heteroatoms. The summed E-state index contributed by atoms with van der Waals surface area (Å²) in [6.45, 7) is 0.872. The zero-order chi connectivity index (χ0) is 16.9. The first-order chi connectivity index (χ1) is 10.9. The molecule has 1 aliphatic rings. The molecule has 0 spiro atoms. The SMILES string of the molecule is CS(=O)(=O)c1cc(CC2C=NC=C(NCCCO)C2)ccc1N. The Balaban J connectivity index is 2.03. The third kappa shape index (κ3) is 5.07. The van der Waals surface area contributed by atoms with Crippen LogP contribution >= 0.6 is 0 Å². The molecule has 0 amide bonds. The Kier molecular flexibility index (Phi) is 5.79. The largest absolute Gasteiger partial charge is 0.398 e. The van der Waals surface area contributed by atoms with E-state index in [9.17, 15) is 8.42 Å². The minimum Gasteiger partial charge on any atom is -0.398 e. The highest BCUT2D eigenvalue weighted by molar-refractivity contribution is 7.90. The number of hydrogen-bond acceptors (Lipinski definition) is 6. The van der Waals surface area contributed by atoms with Crippen LogP contribution in [-0.2, 0) is 16.3 Å². The molecule has 0 aliphatic carbocycles. The first-order valence-corrected chi connectivity index (χ1v) is 9.45. The van der Waals surface area contributed by atoms with Gasteiger partial charge in [0.15, 0.2) is 9.84 Å². The topological polar surface area (TPSA) is 105 Å². The molecule has 1 aromatic carbocycles. The van der Waals surface area contributed by atoms with Crippen molar-refractivity contribution in [3.05, 3.63) is 35.7 Å². The van der Waals surface area contributed by atoms with Gasteiger partial charge in [0.2, 0.25) is 0 Å². The van der Waals surface area contributed by atoms with E-state index < -0.39 is 9.84 Å². The molecule has 126 valence electrons. The third-order valence-electron chi connectivity index (χ3n) is 3.67. The number of benzene rings is 1. The Bertz CT molecular complexity index is 711. The summed E-state index contributed by atoms with van der Waals surface area (Å²) in [7, 11) is -3.33. The lowest BCUT2D eigenvalue weighted by molar-refractivity contribution is 0.287. The van der Waals surface area contributed by atoms with Gasteiger partial charge in [0.25, 0.3) is 0 Å². The van der Waals surface area contributed by atoms with Gasteiger partial charge in [0.05, 0.1) is 10.6 Å². The van der Waals surface area contributed by atoms with Crippen molar-refractivity contribution in [2.45, 2.75) is 24.2 Å². The van der Waals surface area contributed by atoms with Crippen LogP contribution in [0.3, 0.4) is 0 Å². The number of nitrogens with one attached hydrogen (secondary N) is 1. The fraction of sp³-hybridized carbons (Fsp3) is 0.438. The van der Waals surface area contributed by atoms with Crippen molar-refractivity contribution in [1.82, 2.24) is 5.32 Å². The van der Waals surface area contributed by atoms with Crippen molar-refractivity contribution in [2.75, 3.05) is 25.1 Å². The van der Waals surface area contributed by atoms with Crippen molar-refractivity contribution in [3.63, 3.8) is 0 Å². The van der Waals surface area contributed by atoms with Gasteiger partial charge in [-0.2, -0.15) is 0 Å². The number of sulfone groups is 1. The first kappa shape index (κ1) is 17.5. The normalized spacial score (nSPS) is 17.8. The third-order valence-corrected chi connectivity index (χ3v) is 4.82. The molecule has 1 aromatic rings. The molecule has 23 heavy (non-hydrogen) atoms. The minimum absolute atomic E-state index is 0.159. The summed E-state index contributed by atoms with van der Waals surface area (Å²) in [5, 5.41) is 12.1. The Morgan fingerprint density at radius 2 is 2.22 bits per heavy atom.